The van der Waals surface area contributed by atoms with Crippen LogP contribution in [0, 0.1) is 103 Å². The van der Waals surface area contributed by atoms with Crippen molar-refractivity contribution in [1.29, 1.82) is 0 Å². The Kier molecular flexibility index (Phi) is 7.36. The summed E-state index contributed by atoms with van der Waals surface area (Å²) in [5, 5.41) is 0. The Bertz CT molecular complexity index is 986. The Morgan fingerprint density at radius 1 is 0.469 bits per heavy atom. The Morgan fingerprint density at radius 3 is 1.22 bits per heavy atom. The summed E-state index contributed by atoms with van der Waals surface area (Å²) >= 11 is 0. The molecule has 32 heavy (non-hydrogen) atoms. The molecular weight excluding hydrogens is 384 g/mol. The van der Waals surface area contributed by atoms with Gasteiger partial charge in [0.15, 0.2) is 0 Å². The highest BCUT2D eigenvalue weighted by Crippen LogP contribution is 2.27. The highest BCUT2D eigenvalue weighted by atomic mass is 14.2. The van der Waals surface area contributed by atoms with Gasteiger partial charge in [0.25, 0.3) is 0 Å². The zero-order valence-electron chi connectivity index (χ0n) is 19.2. The van der Waals surface area contributed by atoms with Gasteiger partial charge < -0.3 is 0 Å². The van der Waals surface area contributed by atoms with E-state index < -0.39 is 0 Å². The maximum absolute atomic E-state index is 3.42. The average Bonchev–Trinajstić information content (AvgIpc) is 3.48. The number of aryl methyl sites for hydroxylation is 4. The molecule has 2 saturated carbocycles. The van der Waals surface area contributed by atoms with Crippen LogP contribution in [0.1, 0.15) is 44.5 Å². The van der Waals surface area contributed by atoms with Crippen molar-refractivity contribution in [2.75, 3.05) is 0 Å². The van der Waals surface area contributed by atoms with Crippen molar-refractivity contribution in [3.8, 4) is 11.8 Å². The summed E-state index contributed by atoms with van der Waals surface area (Å²) in [6.07, 6.45) is 25.4. The lowest BCUT2D eigenvalue weighted by molar-refractivity contribution is 1.33. The van der Waals surface area contributed by atoms with E-state index in [-0.39, 0.29) is 0 Å². The second kappa shape index (κ2) is 10.4. The van der Waals surface area contributed by atoms with E-state index in [2.05, 4.69) is 139 Å². The monoisotopic (exact) mass is 412 g/mol. The first-order chi connectivity index (χ1) is 15.5. The van der Waals surface area contributed by atoms with Gasteiger partial charge >= 0.3 is 0 Å². The van der Waals surface area contributed by atoms with Gasteiger partial charge in [-0.3, -0.25) is 0 Å². The molecule has 0 aliphatic heterocycles. The highest BCUT2D eigenvalue weighted by molar-refractivity contribution is 5.64. The van der Waals surface area contributed by atoms with Gasteiger partial charge in [-0.15, -0.1) is 0 Å². The largest absolute Gasteiger partial charge is 0.0762 e. The number of hydrogen-bond donors (Lipinski definition) is 0. The van der Waals surface area contributed by atoms with Crippen molar-refractivity contribution >= 4 is 12.2 Å². The van der Waals surface area contributed by atoms with Crippen LogP contribution in [0.5, 0.6) is 0 Å². The van der Waals surface area contributed by atoms with Gasteiger partial charge in [0.05, 0.1) is 0 Å². The summed E-state index contributed by atoms with van der Waals surface area (Å²) in [6, 6.07) is 8.86. The van der Waals surface area contributed by atoms with E-state index in [4.69, 9.17) is 0 Å². The minimum atomic E-state index is 1.09. The molecule has 0 heteroatoms. The molecule has 0 heterocycles. The smallest absolute Gasteiger partial charge is 0.0281 e. The van der Waals surface area contributed by atoms with E-state index >= 15 is 0 Å². The van der Waals surface area contributed by atoms with Gasteiger partial charge in [-0.25, -0.2) is 0 Å². The fourth-order valence-electron chi connectivity index (χ4n) is 3.81. The number of benzene rings is 2. The second-order valence-corrected chi connectivity index (χ2v) is 8.40. The van der Waals surface area contributed by atoms with E-state index in [1.807, 2.05) is 0 Å². The predicted molar refractivity (Wildman–Crippen MR) is 137 cm³/mol. The molecule has 0 bridgehead atoms. The van der Waals surface area contributed by atoms with Gasteiger partial charge in [-0.2, -0.15) is 0 Å². The van der Waals surface area contributed by atoms with Gasteiger partial charge in [-0.1, -0.05) is 48.3 Å². The normalized spacial score (nSPS) is 17.5. The molecular formula is C32H28. The Labute approximate surface area is 195 Å². The topological polar surface area (TPSA) is 0 Å². The second-order valence-electron chi connectivity index (χ2n) is 8.40. The molecule has 4 rings (SSSR count). The van der Waals surface area contributed by atoms with Crippen LogP contribution in [0.4, 0.5) is 0 Å². The number of rotatable bonds is 4. The summed E-state index contributed by atoms with van der Waals surface area (Å²) in [5.74, 6) is 9.29. The first-order valence-electron chi connectivity index (χ1n) is 11.0. The van der Waals surface area contributed by atoms with Crippen molar-refractivity contribution in [2.45, 2.75) is 27.7 Å². The van der Waals surface area contributed by atoms with Crippen molar-refractivity contribution in [3.05, 3.63) is 144 Å². The van der Waals surface area contributed by atoms with E-state index in [0.29, 0.717) is 0 Å². The molecule has 2 aliphatic rings. The molecule has 2 aliphatic carbocycles. The third-order valence-corrected chi connectivity index (χ3v) is 5.85. The van der Waals surface area contributed by atoms with Gasteiger partial charge in [-0.05, 0) is 125 Å². The summed E-state index contributed by atoms with van der Waals surface area (Å²) in [6.45, 7) is 8.58. The maximum atomic E-state index is 3.42. The predicted octanol–water partition coefficient (Wildman–Crippen LogP) is 7.16. The van der Waals surface area contributed by atoms with Crippen LogP contribution in [-0.4, -0.2) is 0 Å². The minimum Gasteiger partial charge on any atom is -0.0762 e. The molecule has 0 N–H and O–H groups in total. The van der Waals surface area contributed by atoms with E-state index in [1.165, 1.54) is 45.2 Å². The fraction of sp³-hybridized carbons (Fsp3) is 0.125. The van der Waals surface area contributed by atoms with Crippen molar-refractivity contribution < 1.29 is 0 Å². The first-order valence-corrected chi connectivity index (χ1v) is 11.0. The minimum absolute atomic E-state index is 1.09. The molecule has 0 spiro atoms. The number of allylic oxidation sites excluding steroid dienone is 2. The fourth-order valence-corrected chi connectivity index (χ4v) is 3.81. The lowest BCUT2D eigenvalue weighted by atomic mass is 9.96. The maximum Gasteiger partial charge on any atom is 0.0281 e. The van der Waals surface area contributed by atoms with Crippen molar-refractivity contribution in [2.24, 2.45) is 0 Å². The molecule has 0 aromatic heterocycles. The molecule has 2 aromatic rings. The van der Waals surface area contributed by atoms with Gasteiger partial charge in [0.1, 0.15) is 0 Å². The molecule has 2 aromatic carbocycles. The quantitative estimate of drug-likeness (QED) is 0.468. The van der Waals surface area contributed by atoms with E-state index in [1.54, 1.807) is 0 Å². The van der Waals surface area contributed by atoms with Gasteiger partial charge in [0, 0.05) is 23.0 Å². The summed E-state index contributed by atoms with van der Waals surface area (Å²) < 4.78 is 0. The first kappa shape index (κ1) is 22.7. The SMILES string of the molecule is Cc1cc(/C=C/[C]2[CH][CH][CH][CH]2)c(C)cc1C#Cc1cc(C)c(/C=C/[C]2[CH][CH][CH][CH]2)cc1C. The molecule has 0 unspecified atom stereocenters. The molecule has 0 saturated heterocycles. The summed E-state index contributed by atoms with van der Waals surface area (Å²) in [4.78, 5) is 0. The Hall–Kier alpha value is -2.52. The molecule has 0 nitrogen and oxygen atoms in total. The third kappa shape index (κ3) is 5.63. The zero-order chi connectivity index (χ0) is 22.5. The van der Waals surface area contributed by atoms with Crippen LogP contribution in [-0.2, 0) is 0 Å². The van der Waals surface area contributed by atoms with Gasteiger partial charge in [0.2, 0.25) is 0 Å². The van der Waals surface area contributed by atoms with Crippen LogP contribution < -0.4 is 0 Å². The Morgan fingerprint density at radius 2 is 0.844 bits per heavy atom. The summed E-state index contributed by atoms with van der Waals surface area (Å²) in [7, 11) is 0. The molecule has 0 atom stereocenters. The highest BCUT2D eigenvalue weighted by Gasteiger charge is 2.14. The molecule has 2 fully saturated rings. The molecule has 0 amide bonds. The summed E-state index contributed by atoms with van der Waals surface area (Å²) in [5.41, 5.74) is 9.54. The van der Waals surface area contributed by atoms with Crippen LogP contribution >= 0.6 is 0 Å². The van der Waals surface area contributed by atoms with Crippen LogP contribution in [0.3, 0.4) is 0 Å². The molecule has 156 valence electrons. The number of hydrogen-bond acceptors (Lipinski definition) is 0. The average molecular weight is 413 g/mol. The third-order valence-electron chi connectivity index (χ3n) is 5.85. The van der Waals surface area contributed by atoms with E-state index in [9.17, 15) is 0 Å². The Balaban J connectivity index is 1.52. The van der Waals surface area contributed by atoms with Crippen LogP contribution in [0.2, 0.25) is 0 Å². The van der Waals surface area contributed by atoms with Crippen molar-refractivity contribution in [3.63, 3.8) is 0 Å². The van der Waals surface area contributed by atoms with Crippen molar-refractivity contribution in [1.82, 2.24) is 0 Å². The zero-order valence-corrected chi connectivity index (χ0v) is 19.2. The van der Waals surface area contributed by atoms with Crippen LogP contribution in [0.15, 0.2) is 36.4 Å². The molecule has 10 radical (unpaired) electrons. The standard InChI is InChI=1S/C32H28/c1-23-21-31(25(3)19-29(23)15-13-27-9-5-6-10-27)17-18-32-22-24(2)30(20-26(32)4)16-14-28-11-7-8-12-28/h5-16,19-22H,1-4H3/b15-13+,16-14+. The van der Waals surface area contributed by atoms with Crippen LogP contribution in [0.25, 0.3) is 12.2 Å². The lowest BCUT2D eigenvalue weighted by Gasteiger charge is -2.08. The van der Waals surface area contributed by atoms with E-state index in [0.717, 1.165) is 11.1 Å². The lowest BCUT2D eigenvalue weighted by Crippen LogP contribution is -1.92.